The van der Waals surface area contributed by atoms with E-state index in [4.69, 9.17) is 26.8 Å². The number of primary amides is 1. The Labute approximate surface area is 205 Å². The lowest BCUT2D eigenvalue weighted by atomic mass is 10.2. The van der Waals surface area contributed by atoms with Crippen LogP contribution in [0.4, 0.5) is 5.69 Å². The molecule has 0 saturated carbocycles. The van der Waals surface area contributed by atoms with Gasteiger partial charge in [-0.1, -0.05) is 11.6 Å². The number of sulfonamides is 1. The van der Waals surface area contributed by atoms with Gasteiger partial charge in [-0.15, -0.1) is 0 Å². The number of hydrogen-bond donors (Lipinski definition) is 3. The lowest BCUT2D eigenvalue weighted by molar-refractivity contribution is -0.118. The van der Waals surface area contributed by atoms with E-state index >= 15 is 0 Å². The van der Waals surface area contributed by atoms with Crippen LogP contribution >= 0.6 is 11.6 Å². The van der Waals surface area contributed by atoms with Crippen molar-refractivity contribution in [2.24, 2.45) is 5.73 Å². The summed E-state index contributed by atoms with van der Waals surface area (Å²) in [6.07, 6.45) is 2.19. The molecule has 0 aliphatic heterocycles. The Morgan fingerprint density at radius 2 is 1.94 bits per heavy atom. The number of aromatic nitrogens is 4. The molecule has 0 aliphatic rings. The maximum atomic E-state index is 12.8. The molecule has 13 heteroatoms. The molecule has 0 fully saturated rings. The Morgan fingerprint density at radius 3 is 2.66 bits per heavy atom. The Bertz CT molecular complexity index is 1470. The van der Waals surface area contributed by atoms with Crippen LogP contribution in [0.25, 0.3) is 22.4 Å². The number of halogens is 1. The zero-order valence-corrected chi connectivity index (χ0v) is 20.1. The predicted molar refractivity (Wildman–Crippen MR) is 130 cm³/mol. The van der Waals surface area contributed by atoms with Crippen molar-refractivity contribution in [2.45, 2.75) is 17.7 Å². The van der Waals surface area contributed by atoms with Crippen LogP contribution < -0.4 is 19.9 Å². The number of nitrogens with zero attached hydrogens (tertiary/aromatic N) is 3. The Balaban J connectivity index is 1.56. The second kappa shape index (κ2) is 10.2. The SMILES string of the molecule is COc1ccc(Cl)c(S(=O)(=O)Nc2ccc(-c3nc(OCCCC(N)=O)c4cn[nH]c4n3)cc2)c1. The van der Waals surface area contributed by atoms with Gasteiger partial charge in [0.1, 0.15) is 16.0 Å². The van der Waals surface area contributed by atoms with Gasteiger partial charge in [-0.05, 0) is 42.8 Å². The normalized spacial score (nSPS) is 11.4. The van der Waals surface area contributed by atoms with Crippen molar-refractivity contribution < 1.29 is 22.7 Å². The molecule has 0 radical (unpaired) electrons. The number of nitrogens with one attached hydrogen (secondary N) is 2. The molecule has 0 atom stereocenters. The van der Waals surface area contributed by atoms with Gasteiger partial charge in [-0.3, -0.25) is 14.6 Å². The molecule has 0 bridgehead atoms. The van der Waals surface area contributed by atoms with E-state index in [1.54, 1.807) is 36.5 Å². The predicted octanol–water partition coefficient (Wildman–Crippen LogP) is 3.13. The fourth-order valence-corrected chi connectivity index (χ4v) is 4.75. The van der Waals surface area contributed by atoms with Crippen LogP contribution in [0.3, 0.4) is 0 Å². The van der Waals surface area contributed by atoms with E-state index in [0.717, 1.165) is 0 Å². The van der Waals surface area contributed by atoms with Crippen molar-refractivity contribution in [2.75, 3.05) is 18.4 Å². The third kappa shape index (κ3) is 5.61. The molecule has 2 heterocycles. The molecule has 1 amide bonds. The summed E-state index contributed by atoms with van der Waals surface area (Å²) in [7, 11) is -2.52. The second-order valence-electron chi connectivity index (χ2n) is 7.38. The summed E-state index contributed by atoms with van der Waals surface area (Å²) in [6.45, 7) is 0.243. The fraction of sp³-hybridized carbons (Fsp3) is 0.182. The number of nitrogens with two attached hydrogens (primary N) is 1. The first kappa shape index (κ1) is 24.2. The van der Waals surface area contributed by atoms with Gasteiger partial charge in [-0.2, -0.15) is 10.1 Å². The monoisotopic (exact) mass is 516 g/mol. The third-order valence-corrected chi connectivity index (χ3v) is 6.77. The van der Waals surface area contributed by atoms with Crippen molar-refractivity contribution >= 4 is 44.3 Å². The number of amides is 1. The molecule has 182 valence electrons. The zero-order chi connectivity index (χ0) is 25.0. The molecule has 11 nitrogen and oxygen atoms in total. The molecule has 2 aromatic heterocycles. The van der Waals surface area contributed by atoms with Gasteiger partial charge >= 0.3 is 0 Å². The average molecular weight is 517 g/mol. The van der Waals surface area contributed by atoms with Crippen molar-refractivity contribution in [1.29, 1.82) is 0 Å². The van der Waals surface area contributed by atoms with E-state index in [0.29, 0.717) is 46.2 Å². The summed E-state index contributed by atoms with van der Waals surface area (Å²) in [6, 6.07) is 10.9. The van der Waals surface area contributed by atoms with E-state index < -0.39 is 15.9 Å². The lowest BCUT2D eigenvalue weighted by Crippen LogP contribution is -2.13. The van der Waals surface area contributed by atoms with Gasteiger partial charge in [0.2, 0.25) is 11.8 Å². The minimum absolute atomic E-state index is 0.0690. The largest absolute Gasteiger partial charge is 0.497 e. The zero-order valence-electron chi connectivity index (χ0n) is 18.5. The van der Waals surface area contributed by atoms with Crippen molar-refractivity contribution in [3.8, 4) is 23.0 Å². The van der Waals surface area contributed by atoms with Crippen LogP contribution in [0.1, 0.15) is 12.8 Å². The molecule has 0 unspecified atom stereocenters. The topological polar surface area (TPSA) is 162 Å². The number of H-pyrrole nitrogens is 1. The van der Waals surface area contributed by atoms with Gasteiger partial charge in [0.15, 0.2) is 11.5 Å². The summed E-state index contributed by atoms with van der Waals surface area (Å²) < 4.78 is 39.0. The van der Waals surface area contributed by atoms with Crippen LogP contribution in [0.5, 0.6) is 11.6 Å². The third-order valence-electron chi connectivity index (χ3n) is 4.90. The number of ether oxygens (including phenoxy) is 2. The first-order valence-corrected chi connectivity index (χ1v) is 12.2. The van der Waals surface area contributed by atoms with Gasteiger partial charge in [-0.25, -0.2) is 13.4 Å². The molecular formula is C22H21ClN6O5S. The quantitative estimate of drug-likeness (QED) is 0.271. The molecule has 0 aliphatic carbocycles. The highest BCUT2D eigenvalue weighted by Gasteiger charge is 2.19. The Hall–Kier alpha value is -3.90. The highest BCUT2D eigenvalue weighted by atomic mass is 35.5. The highest BCUT2D eigenvalue weighted by molar-refractivity contribution is 7.92. The van der Waals surface area contributed by atoms with Gasteiger partial charge in [0.05, 0.1) is 24.9 Å². The lowest BCUT2D eigenvalue weighted by Gasteiger charge is -2.11. The number of carbonyl (C=O) groups is 1. The molecule has 35 heavy (non-hydrogen) atoms. The van der Waals surface area contributed by atoms with E-state index in [9.17, 15) is 13.2 Å². The van der Waals surface area contributed by atoms with Crippen LogP contribution in [-0.4, -0.2) is 48.2 Å². The minimum atomic E-state index is -3.96. The number of rotatable bonds is 10. The maximum Gasteiger partial charge on any atom is 0.263 e. The van der Waals surface area contributed by atoms with Crippen LogP contribution in [-0.2, 0) is 14.8 Å². The van der Waals surface area contributed by atoms with Crippen molar-refractivity contribution in [1.82, 2.24) is 20.2 Å². The molecule has 4 N–H and O–H groups in total. The first-order valence-electron chi connectivity index (χ1n) is 10.4. The van der Waals surface area contributed by atoms with Crippen LogP contribution in [0, 0.1) is 0 Å². The number of anilines is 1. The molecule has 2 aromatic carbocycles. The van der Waals surface area contributed by atoms with E-state index in [2.05, 4.69) is 24.9 Å². The summed E-state index contributed by atoms with van der Waals surface area (Å²) in [4.78, 5) is 19.7. The van der Waals surface area contributed by atoms with E-state index in [-0.39, 0.29) is 22.9 Å². The van der Waals surface area contributed by atoms with Gasteiger partial charge in [0.25, 0.3) is 10.0 Å². The maximum absolute atomic E-state index is 12.8. The number of hydrogen-bond acceptors (Lipinski definition) is 8. The number of methoxy groups -OCH3 is 1. The van der Waals surface area contributed by atoms with Crippen LogP contribution in [0.2, 0.25) is 5.02 Å². The standard InChI is InChI=1S/C22H21ClN6O5S/c1-33-15-8-9-17(23)18(11-15)35(31,32)29-14-6-4-13(5-7-14)20-26-21-16(12-25-28-21)22(27-20)34-10-2-3-19(24)30/h4-9,11-12,29H,2-3,10H2,1H3,(H2,24,30)(H,25,26,27,28). The van der Waals surface area contributed by atoms with Crippen molar-refractivity contribution in [3.05, 3.63) is 53.7 Å². The number of carbonyl (C=O) groups excluding carboxylic acids is 1. The summed E-state index contributed by atoms with van der Waals surface area (Å²) in [5, 5.41) is 7.42. The average Bonchev–Trinajstić information content (AvgIpc) is 3.31. The molecule has 4 aromatic rings. The summed E-state index contributed by atoms with van der Waals surface area (Å²) in [5.41, 5.74) is 6.56. The van der Waals surface area contributed by atoms with E-state index in [1.807, 2.05) is 0 Å². The highest BCUT2D eigenvalue weighted by Crippen LogP contribution is 2.29. The first-order chi connectivity index (χ1) is 16.8. The van der Waals surface area contributed by atoms with Crippen LogP contribution in [0.15, 0.2) is 53.6 Å². The Morgan fingerprint density at radius 1 is 1.17 bits per heavy atom. The second-order valence-corrected chi connectivity index (χ2v) is 9.44. The number of aromatic amines is 1. The molecule has 0 spiro atoms. The summed E-state index contributed by atoms with van der Waals surface area (Å²) >= 11 is 6.09. The number of fused-ring (bicyclic) bond motifs is 1. The smallest absolute Gasteiger partial charge is 0.263 e. The fourth-order valence-electron chi connectivity index (χ4n) is 3.18. The van der Waals surface area contributed by atoms with Crippen molar-refractivity contribution in [3.63, 3.8) is 0 Å². The van der Waals surface area contributed by atoms with E-state index in [1.165, 1.54) is 19.2 Å². The minimum Gasteiger partial charge on any atom is -0.497 e. The van der Waals surface area contributed by atoms with Gasteiger partial charge in [0, 0.05) is 23.7 Å². The molecular weight excluding hydrogens is 496 g/mol. The molecule has 0 saturated heterocycles. The van der Waals surface area contributed by atoms with Gasteiger partial charge < -0.3 is 15.2 Å². The molecule has 4 rings (SSSR count). The summed E-state index contributed by atoms with van der Waals surface area (Å²) in [5.74, 6) is 0.608. The number of benzene rings is 2. The Kier molecular flexibility index (Phi) is 7.03.